The van der Waals surface area contributed by atoms with Crippen LogP contribution in [0.5, 0.6) is 0 Å². The molecule has 0 bridgehead atoms. The molecule has 0 aliphatic heterocycles. The molecule has 0 spiro atoms. The first-order valence-corrected chi connectivity index (χ1v) is 7.18. The van der Waals surface area contributed by atoms with E-state index in [1.165, 1.54) is 11.8 Å². The van der Waals surface area contributed by atoms with E-state index in [1.807, 2.05) is 38.1 Å². The van der Waals surface area contributed by atoms with E-state index in [0.717, 1.165) is 23.4 Å². The van der Waals surface area contributed by atoms with E-state index in [4.69, 9.17) is 0 Å². The summed E-state index contributed by atoms with van der Waals surface area (Å²) >= 11 is 1.48. The lowest BCUT2D eigenvalue weighted by Crippen LogP contribution is -2.25. The van der Waals surface area contributed by atoms with E-state index < -0.39 is 0 Å². The van der Waals surface area contributed by atoms with Gasteiger partial charge < -0.3 is 5.32 Å². The predicted molar refractivity (Wildman–Crippen MR) is 75.1 cm³/mol. The molecule has 98 valence electrons. The lowest BCUT2D eigenvalue weighted by molar-refractivity contribution is -0.118. The first-order chi connectivity index (χ1) is 8.67. The van der Waals surface area contributed by atoms with E-state index in [1.54, 1.807) is 0 Å². The lowest BCUT2D eigenvalue weighted by Gasteiger charge is -2.04. The molecule has 4 heteroatoms. The minimum atomic E-state index is 0.0514. The summed E-state index contributed by atoms with van der Waals surface area (Å²) in [5, 5.41) is 2.83. The fraction of sp³-hybridized carbons (Fsp3) is 0.429. The number of Topliss-reactive ketones (excluding diaryl/α,β-unsaturated/α-hetero) is 1. The Bertz CT molecular complexity index is 401. The van der Waals surface area contributed by atoms with E-state index in [2.05, 4.69) is 5.32 Å². The summed E-state index contributed by atoms with van der Waals surface area (Å²) in [7, 11) is 0. The van der Waals surface area contributed by atoms with Crippen molar-refractivity contribution in [2.24, 2.45) is 0 Å². The number of amides is 1. The van der Waals surface area contributed by atoms with E-state index >= 15 is 0 Å². The van der Waals surface area contributed by atoms with E-state index in [0.29, 0.717) is 12.2 Å². The third-order valence-electron chi connectivity index (χ3n) is 2.44. The Morgan fingerprint density at radius 1 is 1.17 bits per heavy atom. The van der Waals surface area contributed by atoms with Gasteiger partial charge in [0.15, 0.2) is 5.78 Å². The Labute approximate surface area is 112 Å². The minimum Gasteiger partial charge on any atom is -0.355 e. The van der Waals surface area contributed by atoms with Crippen molar-refractivity contribution in [3.8, 4) is 0 Å². The third kappa shape index (κ3) is 4.92. The second-order valence-electron chi connectivity index (χ2n) is 3.94. The fourth-order valence-corrected chi connectivity index (χ4v) is 2.13. The number of ketones is 1. The second kappa shape index (κ2) is 7.93. The van der Waals surface area contributed by atoms with Crippen molar-refractivity contribution in [2.45, 2.75) is 31.6 Å². The summed E-state index contributed by atoms with van der Waals surface area (Å²) in [5.74, 6) is 0.615. The second-order valence-corrected chi connectivity index (χ2v) is 4.99. The Morgan fingerprint density at radius 3 is 2.39 bits per heavy atom. The highest BCUT2D eigenvalue weighted by molar-refractivity contribution is 8.00. The van der Waals surface area contributed by atoms with Crippen molar-refractivity contribution in [3.63, 3.8) is 0 Å². The monoisotopic (exact) mass is 265 g/mol. The molecule has 1 rings (SSSR count). The molecule has 0 heterocycles. The number of carbonyl (C=O) groups is 2. The van der Waals surface area contributed by atoms with Gasteiger partial charge in [0.05, 0.1) is 5.75 Å². The van der Waals surface area contributed by atoms with Gasteiger partial charge in [-0.1, -0.05) is 26.0 Å². The molecule has 0 radical (unpaired) electrons. The van der Waals surface area contributed by atoms with Crippen LogP contribution in [-0.2, 0) is 4.79 Å². The van der Waals surface area contributed by atoms with Crippen molar-refractivity contribution < 1.29 is 9.59 Å². The van der Waals surface area contributed by atoms with Crippen molar-refractivity contribution >= 4 is 23.5 Å². The minimum absolute atomic E-state index is 0.0514. The highest BCUT2D eigenvalue weighted by Crippen LogP contribution is 2.18. The van der Waals surface area contributed by atoms with Crippen LogP contribution in [0.2, 0.25) is 0 Å². The molecule has 0 aliphatic carbocycles. The summed E-state index contributed by atoms with van der Waals surface area (Å²) in [6.45, 7) is 4.60. The number of benzene rings is 1. The molecule has 1 amide bonds. The van der Waals surface area contributed by atoms with Gasteiger partial charge in [-0.25, -0.2) is 0 Å². The summed E-state index contributed by atoms with van der Waals surface area (Å²) < 4.78 is 0. The van der Waals surface area contributed by atoms with Crippen LogP contribution in [0.4, 0.5) is 0 Å². The molecular formula is C14H19NO2S. The number of hydrogen-bond donors (Lipinski definition) is 1. The summed E-state index contributed by atoms with van der Waals surface area (Å²) in [6.07, 6.45) is 1.47. The zero-order chi connectivity index (χ0) is 13.4. The average molecular weight is 265 g/mol. The third-order valence-corrected chi connectivity index (χ3v) is 3.45. The SMILES string of the molecule is CCCNC(=O)CSc1ccc(C(=O)CC)cc1. The molecule has 3 nitrogen and oxygen atoms in total. The number of hydrogen-bond acceptors (Lipinski definition) is 3. The van der Waals surface area contributed by atoms with Crippen LogP contribution in [0.15, 0.2) is 29.2 Å². The summed E-state index contributed by atoms with van der Waals surface area (Å²) in [4.78, 5) is 23.9. The first kappa shape index (κ1) is 14.8. The standard InChI is InChI=1S/C14H19NO2S/c1-3-9-15-14(17)10-18-12-7-5-11(6-8-12)13(16)4-2/h5-8H,3-4,9-10H2,1-2H3,(H,15,17). The number of carbonyl (C=O) groups excluding carboxylic acids is 2. The molecule has 1 N–H and O–H groups in total. The van der Waals surface area contributed by atoms with Crippen molar-refractivity contribution in [1.82, 2.24) is 5.32 Å². The van der Waals surface area contributed by atoms with Crippen LogP contribution in [-0.4, -0.2) is 24.0 Å². The lowest BCUT2D eigenvalue weighted by atomic mass is 10.1. The summed E-state index contributed by atoms with van der Waals surface area (Å²) in [5.41, 5.74) is 0.734. The molecule has 1 aromatic rings. The zero-order valence-electron chi connectivity index (χ0n) is 10.9. The molecule has 0 saturated heterocycles. The van der Waals surface area contributed by atoms with Gasteiger partial charge in [-0.3, -0.25) is 9.59 Å². The summed E-state index contributed by atoms with van der Waals surface area (Å²) in [6, 6.07) is 7.41. The van der Waals surface area contributed by atoms with Crippen LogP contribution in [0.25, 0.3) is 0 Å². The van der Waals surface area contributed by atoms with Crippen LogP contribution >= 0.6 is 11.8 Å². The van der Waals surface area contributed by atoms with Gasteiger partial charge in [-0.15, -0.1) is 11.8 Å². The van der Waals surface area contributed by atoms with Gasteiger partial charge in [0.2, 0.25) is 5.91 Å². The Kier molecular flexibility index (Phi) is 6.50. The molecule has 0 atom stereocenters. The zero-order valence-corrected chi connectivity index (χ0v) is 11.7. The quantitative estimate of drug-likeness (QED) is 0.609. The largest absolute Gasteiger partial charge is 0.355 e. The average Bonchev–Trinajstić information content (AvgIpc) is 2.42. The number of rotatable bonds is 7. The first-order valence-electron chi connectivity index (χ1n) is 6.20. The van der Waals surface area contributed by atoms with Gasteiger partial charge >= 0.3 is 0 Å². The van der Waals surface area contributed by atoms with Gasteiger partial charge in [-0.2, -0.15) is 0 Å². The Morgan fingerprint density at radius 2 is 1.83 bits per heavy atom. The smallest absolute Gasteiger partial charge is 0.230 e. The molecule has 0 aliphatic rings. The molecular weight excluding hydrogens is 246 g/mol. The van der Waals surface area contributed by atoms with Gasteiger partial charge in [-0.05, 0) is 18.6 Å². The maximum absolute atomic E-state index is 11.4. The Hall–Kier alpha value is -1.29. The normalized spacial score (nSPS) is 10.1. The molecule has 1 aromatic carbocycles. The molecule has 0 fully saturated rings. The Balaban J connectivity index is 2.44. The number of thioether (sulfide) groups is 1. The topological polar surface area (TPSA) is 46.2 Å². The molecule has 0 unspecified atom stereocenters. The van der Waals surface area contributed by atoms with Crippen molar-refractivity contribution in [2.75, 3.05) is 12.3 Å². The van der Waals surface area contributed by atoms with Gasteiger partial charge in [0.1, 0.15) is 0 Å². The maximum atomic E-state index is 11.4. The fourth-order valence-electron chi connectivity index (χ4n) is 1.41. The van der Waals surface area contributed by atoms with Crippen LogP contribution < -0.4 is 5.32 Å². The molecule has 0 saturated carbocycles. The number of nitrogens with one attached hydrogen (secondary N) is 1. The van der Waals surface area contributed by atoms with E-state index in [-0.39, 0.29) is 11.7 Å². The van der Waals surface area contributed by atoms with Crippen LogP contribution in [0.1, 0.15) is 37.0 Å². The molecule has 0 aromatic heterocycles. The van der Waals surface area contributed by atoms with Gasteiger partial charge in [0, 0.05) is 23.4 Å². The maximum Gasteiger partial charge on any atom is 0.230 e. The van der Waals surface area contributed by atoms with Crippen LogP contribution in [0, 0.1) is 0 Å². The van der Waals surface area contributed by atoms with E-state index in [9.17, 15) is 9.59 Å². The highest BCUT2D eigenvalue weighted by Gasteiger charge is 2.04. The van der Waals surface area contributed by atoms with Crippen molar-refractivity contribution in [1.29, 1.82) is 0 Å². The van der Waals surface area contributed by atoms with Gasteiger partial charge in [0.25, 0.3) is 0 Å². The highest BCUT2D eigenvalue weighted by atomic mass is 32.2. The van der Waals surface area contributed by atoms with Crippen molar-refractivity contribution in [3.05, 3.63) is 29.8 Å². The predicted octanol–water partition coefficient (Wildman–Crippen LogP) is 2.90. The molecule has 18 heavy (non-hydrogen) atoms. The van der Waals surface area contributed by atoms with Crippen LogP contribution in [0.3, 0.4) is 0 Å².